The molecule has 0 spiro atoms. The molecule has 0 heterocycles. The number of thioether (sulfide) groups is 1. The number of nitrogens with two attached hydrogens (primary N) is 1. The Bertz CT molecular complexity index is 527. The van der Waals surface area contributed by atoms with Crippen molar-refractivity contribution in [2.75, 3.05) is 17.2 Å². The van der Waals surface area contributed by atoms with Gasteiger partial charge in [-0.25, -0.2) is 0 Å². The van der Waals surface area contributed by atoms with Crippen LogP contribution in [-0.4, -0.2) is 29.5 Å². The van der Waals surface area contributed by atoms with E-state index in [1.54, 1.807) is 12.1 Å². The quantitative estimate of drug-likeness (QED) is 0.630. The molecule has 2 rings (SSSR count). The third-order valence-electron chi connectivity index (χ3n) is 3.20. The first-order valence-corrected chi connectivity index (χ1v) is 8.12. The molecule has 1 aromatic carbocycles. The third kappa shape index (κ3) is 4.26. The van der Waals surface area contributed by atoms with Crippen molar-refractivity contribution in [1.29, 1.82) is 0 Å². The van der Waals surface area contributed by atoms with Crippen LogP contribution in [0.1, 0.15) is 25.3 Å². The zero-order valence-electron chi connectivity index (χ0n) is 11.6. The topological polar surface area (TPSA) is 29.3 Å². The van der Waals surface area contributed by atoms with Crippen molar-refractivity contribution in [3.05, 3.63) is 23.8 Å². The molecular formula is C14H17F3N2S2. The van der Waals surface area contributed by atoms with E-state index in [9.17, 15) is 13.2 Å². The number of alkyl halides is 3. The standard InChI is InChI=1S/C14H17F3N2S2/c1-2-21-11-5-3-4-10(12(11)13(18)20)19(9-6-7-9)8-14(15,16)17/h3-5,9H,2,6-8H2,1H3,(H2,18,20). The van der Waals surface area contributed by atoms with E-state index >= 15 is 0 Å². The molecule has 1 aliphatic rings. The number of hydrogen-bond acceptors (Lipinski definition) is 3. The van der Waals surface area contributed by atoms with Crippen molar-refractivity contribution in [2.24, 2.45) is 5.73 Å². The number of nitrogens with zero attached hydrogens (tertiary/aromatic N) is 1. The van der Waals surface area contributed by atoms with E-state index in [0.717, 1.165) is 23.5 Å². The maximum atomic E-state index is 12.8. The normalized spacial score (nSPS) is 15.0. The van der Waals surface area contributed by atoms with Gasteiger partial charge in [0.1, 0.15) is 11.5 Å². The van der Waals surface area contributed by atoms with Gasteiger partial charge < -0.3 is 10.6 Å². The van der Waals surface area contributed by atoms with Crippen molar-refractivity contribution in [1.82, 2.24) is 0 Å². The molecule has 0 saturated heterocycles. The summed E-state index contributed by atoms with van der Waals surface area (Å²) in [6.07, 6.45) is -2.69. The van der Waals surface area contributed by atoms with Crippen molar-refractivity contribution < 1.29 is 13.2 Å². The predicted molar refractivity (Wildman–Crippen MR) is 85.2 cm³/mol. The molecule has 1 fully saturated rings. The van der Waals surface area contributed by atoms with E-state index < -0.39 is 12.7 Å². The molecule has 0 amide bonds. The minimum absolute atomic E-state index is 0.0680. The summed E-state index contributed by atoms with van der Waals surface area (Å²) in [6.45, 7) is 1.02. The fourth-order valence-electron chi connectivity index (χ4n) is 2.27. The monoisotopic (exact) mass is 334 g/mol. The van der Waals surface area contributed by atoms with Crippen LogP contribution in [-0.2, 0) is 0 Å². The summed E-state index contributed by atoms with van der Waals surface area (Å²) in [5, 5.41) is 0. The van der Waals surface area contributed by atoms with E-state index in [1.807, 2.05) is 13.0 Å². The molecular weight excluding hydrogens is 317 g/mol. The largest absolute Gasteiger partial charge is 0.405 e. The molecule has 0 bridgehead atoms. The van der Waals surface area contributed by atoms with E-state index in [2.05, 4.69) is 0 Å². The number of halogens is 3. The summed E-state index contributed by atoms with van der Waals surface area (Å²) in [5.74, 6) is 0.807. The van der Waals surface area contributed by atoms with Crippen LogP contribution in [0, 0.1) is 0 Å². The van der Waals surface area contributed by atoms with Gasteiger partial charge in [-0.2, -0.15) is 13.2 Å². The van der Waals surface area contributed by atoms with E-state index in [-0.39, 0.29) is 11.0 Å². The van der Waals surface area contributed by atoms with Gasteiger partial charge in [-0.05, 0) is 30.7 Å². The van der Waals surface area contributed by atoms with Crippen LogP contribution in [0.15, 0.2) is 23.1 Å². The molecule has 0 atom stereocenters. The van der Waals surface area contributed by atoms with E-state index in [0.29, 0.717) is 11.3 Å². The predicted octanol–water partition coefficient (Wildman–Crippen LogP) is 3.96. The van der Waals surface area contributed by atoms with Gasteiger partial charge in [0.15, 0.2) is 0 Å². The zero-order valence-corrected chi connectivity index (χ0v) is 13.2. The molecule has 0 aromatic heterocycles. The van der Waals surface area contributed by atoms with E-state index in [4.69, 9.17) is 18.0 Å². The first-order valence-electron chi connectivity index (χ1n) is 6.72. The van der Waals surface area contributed by atoms with Gasteiger partial charge >= 0.3 is 6.18 Å². The van der Waals surface area contributed by atoms with Gasteiger partial charge in [-0.3, -0.25) is 0 Å². The zero-order chi connectivity index (χ0) is 15.6. The molecule has 116 valence electrons. The highest BCUT2D eigenvalue weighted by atomic mass is 32.2. The molecule has 21 heavy (non-hydrogen) atoms. The molecule has 7 heteroatoms. The summed E-state index contributed by atoms with van der Waals surface area (Å²) in [5.41, 5.74) is 6.84. The lowest BCUT2D eigenvalue weighted by atomic mass is 10.1. The van der Waals surface area contributed by atoms with Crippen LogP contribution in [0.4, 0.5) is 18.9 Å². The number of thiocarbonyl (C=S) groups is 1. The maximum absolute atomic E-state index is 12.8. The van der Waals surface area contributed by atoms with Crippen LogP contribution in [0.2, 0.25) is 0 Å². The Hall–Kier alpha value is -0.950. The lowest BCUT2D eigenvalue weighted by Gasteiger charge is -2.28. The second kappa shape index (κ2) is 6.44. The van der Waals surface area contributed by atoms with Crippen LogP contribution in [0.3, 0.4) is 0 Å². The molecule has 1 aliphatic carbocycles. The van der Waals surface area contributed by atoms with Crippen molar-refractivity contribution in [3.63, 3.8) is 0 Å². The Morgan fingerprint density at radius 3 is 2.57 bits per heavy atom. The third-order valence-corrected chi connectivity index (χ3v) is 4.34. The SMILES string of the molecule is CCSc1cccc(N(CC(F)(F)F)C2CC2)c1C(N)=S. The highest BCUT2D eigenvalue weighted by Gasteiger charge is 2.39. The van der Waals surface area contributed by atoms with Gasteiger partial charge in [-0.15, -0.1) is 11.8 Å². The van der Waals surface area contributed by atoms with Gasteiger partial charge in [0, 0.05) is 22.2 Å². The lowest BCUT2D eigenvalue weighted by Crippen LogP contribution is -2.37. The Labute approximate surface area is 131 Å². The van der Waals surface area contributed by atoms with Crippen molar-refractivity contribution in [3.8, 4) is 0 Å². The van der Waals surface area contributed by atoms with Crippen LogP contribution >= 0.6 is 24.0 Å². The summed E-state index contributed by atoms with van der Waals surface area (Å²) in [7, 11) is 0. The molecule has 0 unspecified atom stereocenters. The number of hydrogen-bond donors (Lipinski definition) is 1. The Balaban J connectivity index is 2.44. The molecule has 0 radical (unpaired) electrons. The fourth-order valence-corrected chi connectivity index (χ4v) is 3.40. The average Bonchev–Trinajstić information content (AvgIpc) is 3.19. The number of anilines is 1. The molecule has 1 saturated carbocycles. The van der Waals surface area contributed by atoms with Crippen LogP contribution in [0.5, 0.6) is 0 Å². The smallest absolute Gasteiger partial charge is 0.389 e. The first-order chi connectivity index (χ1) is 9.83. The fraction of sp³-hybridized carbons (Fsp3) is 0.500. The first kappa shape index (κ1) is 16.4. The molecule has 1 aromatic rings. The number of rotatable bonds is 6. The molecule has 2 N–H and O–H groups in total. The second-order valence-electron chi connectivity index (χ2n) is 4.92. The summed E-state index contributed by atoms with van der Waals surface area (Å²) in [6, 6.07) is 5.23. The van der Waals surface area contributed by atoms with Crippen LogP contribution in [0.25, 0.3) is 0 Å². The molecule has 0 aliphatic heterocycles. The minimum Gasteiger partial charge on any atom is -0.389 e. The van der Waals surface area contributed by atoms with Gasteiger partial charge in [0.2, 0.25) is 0 Å². The summed E-state index contributed by atoms with van der Waals surface area (Å²) >= 11 is 6.61. The van der Waals surface area contributed by atoms with Gasteiger partial charge in [-0.1, -0.05) is 25.2 Å². The summed E-state index contributed by atoms with van der Waals surface area (Å²) < 4.78 is 38.5. The van der Waals surface area contributed by atoms with Crippen molar-refractivity contribution >= 4 is 34.7 Å². The highest BCUT2D eigenvalue weighted by molar-refractivity contribution is 7.99. The Morgan fingerprint density at radius 1 is 1.43 bits per heavy atom. The highest BCUT2D eigenvalue weighted by Crippen LogP contribution is 2.38. The average molecular weight is 334 g/mol. The van der Waals surface area contributed by atoms with Crippen molar-refractivity contribution in [2.45, 2.75) is 36.9 Å². The molecule has 2 nitrogen and oxygen atoms in total. The maximum Gasteiger partial charge on any atom is 0.405 e. The van der Waals surface area contributed by atoms with E-state index in [1.165, 1.54) is 16.7 Å². The van der Waals surface area contributed by atoms with Gasteiger partial charge in [0.25, 0.3) is 0 Å². The Kier molecular flexibility index (Phi) is 5.03. The lowest BCUT2D eigenvalue weighted by molar-refractivity contribution is -0.120. The van der Waals surface area contributed by atoms with Gasteiger partial charge in [0.05, 0.1) is 0 Å². The van der Waals surface area contributed by atoms with Crippen LogP contribution < -0.4 is 10.6 Å². The second-order valence-corrected chi connectivity index (χ2v) is 6.67. The number of benzene rings is 1. The minimum atomic E-state index is -4.25. The Morgan fingerprint density at radius 2 is 2.10 bits per heavy atom. The summed E-state index contributed by atoms with van der Waals surface area (Å²) in [4.78, 5) is 2.39.